The summed E-state index contributed by atoms with van der Waals surface area (Å²) >= 11 is 0. The first-order valence-corrected chi connectivity index (χ1v) is 6.55. The Labute approximate surface area is 108 Å². The highest BCUT2D eigenvalue weighted by atomic mass is 16.1. The van der Waals surface area contributed by atoms with Crippen LogP contribution in [0, 0.1) is 6.92 Å². The summed E-state index contributed by atoms with van der Waals surface area (Å²) in [5.74, 6) is 0.164. The van der Waals surface area contributed by atoms with Crippen molar-refractivity contribution < 1.29 is 4.79 Å². The number of amides is 1. The molecule has 0 saturated heterocycles. The molecule has 0 atom stereocenters. The highest BCUT2D eigenvalue weighted by Gasteiger charge is 2.22. The molecular weight excluding hydrogens is 226 g/mol. The van der Waals surface area contributed by atoms with Crippen molar-refractivity contribution in [2.75, 3.05) is 17.6 Å². The average Bonchev–Trinajstić information content (AvgIpc) is 3.11. The Bertz CT molecular complexity index is 407. The van der Waals surface area contributed by atoms with Crippen LogP contribution in [0.2, 0.25) is 0 Å². The molecule has 1 saturated carbocycles. The zero-order chi connectivity index (χ0) is 13.0. The molecule has 4 heteroatoms. The fourth-order valence-corrected chi connectivity index (χ4v) is 1.92. The number of rotatable bonds is 6. The number of nitrogens with two attached hydrogens (primary N) is 1. The van der Waals surface area contributed by atoms with Crippen molar-refractivity contribution in [1.29, 1.82) is 0 Å². The van der Waals surface area contributed by atoms with E-state index >= 15 is 0 Å². The van der Waals surface area contributed by atoms with Gasteiger partial charge in [0.05, 0.1) is 11.4 Å². The molecule has 1 aliphatic carbocycles. The zero-order valence-corrected chi connectivity index (χ0v) is 10.8. The summed E-state index contributed by atoms with van der Waals surface area (Å²) < 4.78 is 0. The van der Waals surface area contributed by atoms with Gasteiger partial charge in [0.2, 0.25) is 5.91 Å². The molecule has 0 heterocycles. The Kier molecular flexibility index (Phi) is 4.07. The third-order valence-electron chi connectivity index (χ3n) is 3.13. The molecule has 1 aromatic carbocycles. The van der Waals surface area contributed by atoms with E-state index in [2.05, 4.69) is 10.6 Å². The number of hydrogen-bond donors (Lipinski definition) is 3. The molecule has 4 N–H and O–H groups in total. The van der Waals surface area contributed by atoms with Crippen molar-refractivity contribution in [2.45, 2.75) is 38.6 Å². The first kappa shape index (κ1) is 12.7. The van der Waals surface area contributed by atoms with Crippen LogP contribution in [-0.4, -0.2) is 18.5 Å². The predicted octanol–water partition coefficient (Wildman–Crippen LogP) is 2.05. The zero-order valence-electron chi connectivity index (χ0n) is 10.8. The second kappa shape index (κ2) is 5.76. The molecule has 98 valence electrons. The van der Waals surface area contributed by atoms with Gasteiger partial charge in [-0.05, 0) is 37.8 Å². The van der Waals surface area contributed by atoms with Crippen LogP contribution >= 0.6 is 0 Å². The minimum atomic E-state index is 0.164. The standard InChI is InChI=1S/C14H21N3O/c1-10-4-2-5-12(15)14(10)16-9-3-6-13(18)17-11-7-8-11/h2,4-5,11,16H,3,6-9,15H2,1H3,(H,17,18). The summed E-state index contributed by atoms with van der Waals surface area (Å²) in [7, 11) is 0. The first-order valence-electron chi connectivity index (χ1n) is 6.55. The van der Waals surface area contributed by atoms with Gasteiger partial charge in [-0.15, -0.1) is 0 Å². The summed E-state index contributed by atoms with van der Waals surface area (Å²) in [5.41, 5.74) is 8.78. The number of carbonyl (C=O) groups is 1. The van der Waals surface area contributed by atoms with E-state index in [0.717, 1.165) is 42.7 Å². The molecule has 18 heavy (non-hydrogen) atoms. The molecule has 0 radical (unpaired) electrons. The molecule has 1 amide bonds. The molecule has 2 rings (SSSR count). The van der Waals surface area contributed by atoms with E-state index in [9.17, 15) is 4.79 Å². The normalized spacial score (nSPS) is 14.3. The lowest BCUT2D eigenvalue weighted by Gasteiger charge is -2.12. The maximum atomic E-state index is 11.5. The van der Waals surface area contributed by atoms with Gasteiger partial charge in [-0.3, -0.25) is 4.79 Å². The molecule has 1 fully saturated rings. The fraction of sp³-hybridized carbons (Fsp3) is 0.500. The van der Waals surface area contributed by atoms with Crippen LogP contribution in [0.3, 0.4) is 0 Å². The van der Waals surface area contributed by atoms with Crippen molar-refractivity contribution in [3.05, 3.63) is 23.8 Å². The predicted molar refractivity (Wildman–Crippen MR) is 74.5 cm³/mol. The minimum Gasteiger partial charge on any atom is -0.397 e. The Balaban J connectivity index is 1.69. The summed E-state index contributed by atoms with van der Waals surface area (Å²) in [6, 6.07) is 6.31. The summed E-state index contributed by atoms with van der Waals surface area (Å²) in [5, 5.41) is 6.28. The van der Waals surface area contributed by atoms with Crippen LogP contribution in [0.25, 0.3) is 0 Å². The molecule has 0 spiro atoms. The third kappa shape index (κ3) is 3.65. The monoisotopic (exact) mass is 247 g/mol. The van der Waals surface area contributed by atoms with Gasteiger partial charge in [0.15, 0.2) is 0 Å². The summed E-state index contributed by atoms with van der Waals surface area (Å²) in [4.78, 5) is 11.5. The molecule has 0 unspecified atom stereocenters. The minimum absolute atomic E-state index is 0.164. The number of nitrogens with one attached hydrogen (secondary N) is 2. The Hall–Kier alpha value is -1.71. The summed E-state index contributed by atoms with van der Waals surface area (Å²) in [6.45, 7) is 2.80. The number of hydrogen-bond acceptors (Lipinski definition) is 3. The van der Waals surface area contributed by atoms with Crippen LogP contribution in [-0.2, 0) is 4.79 Å². The van der Waals surface area contributed by atoms with Gasteiger partial charge in [0.1, 0.15) is 0 Å². The number of carbonyl (C=O) groups excluding carboxylic acids is 1. The van der Waals surface area contributed by atoms with Gasteiger partial charge in [0, 0.05) is 19.0 Å². The van der Waals surface area contributed by atoms with Crippen molar-refractivity contribution in [1.82, 2.24) is 5.32 Å². The second-order valence-electron chi connectivity index (χ2n) is 4.91. The lowest BCUT2D eigenvalue weighted by Crippen LogP contribution is -2.25. The molecule has 0 aromatic heterocycles. The summed E-state index contributed by atoms with van der Waals surface area (Å²) in [6.07, 6.45) is 3.69. The first-order chi connectivity index (χ1) is 8.66. The van der Waals surface area contributed by atoms with Crippen molar-refractivity contribution in [3.63, 3.8) is 0 Å². The smallest absolute Gasteiger partial charge is 0.220 e. The molecule has 0 aliphatic heterocycles. The van der Waals surface area contributed by atoms with Crippen molar-refractivity contribution in [2.24, 2.45) is 0 Å². The molecule has 4 nitrogen and oxygen atoms in total. The molecular formula is C14H21N3O. The van der Waals surface area contributed by atoms with E-state index in [4.69, 9.17) is 5.73 Å². The largest absolute Gasteiger partial charge is 0.397 e. The second-order valence-corrected chi connectivity index (χ2v) is 4.91. The van der Waals surface area contributed by atoms with E-state index in [0.29, 0.717) is 12.5 Å². The van der Waals surface area contributed by atoms with Gasteiger partial charge in [-0.25, -0.2) is 0 Å². The molecule has 1 aromatic rings. The molecule has 0 bridgehead atoms. The van der Waals surface area contributed by atoms with Gasteiger partial charge in [0.25, 0.3) is 0 Å². The fourth-order valence-electron chi connectivity index (χ4n) is 1.92. The number of para-hydroxylation sites is 1. The topological polar surface area (TPSA) is 67.1 Å². The highest BCUT2D eigenvalue weighted by Crippen LogP contribution is 2.22. The molecule has 1 aliphatic rings. The number of aryl methyl sites for hydroxylation is 1. The highest BCUT2D eigenvalue weighted by molar-refractivity contribution is 5.76. The van der Waals surface area contributed by atoms with Crippen molar-refractivity contribution >= 4 is 17.3 Å². The van der Waals surface area contributed by atoms with E-state index in [1.807, 2.05) is 25.1 Å². The Morgan fingerprint density at radius 1 is 1.44 bits per heavy atom. The quantitative estimate of drug-likeness (QED) is 0.532. The van der Waals surface area contributed by atoms with Crippen LogP contribution < -0.4 is 16.4 Å². The van der Waals surface area contributed by atoms with E-state index in [-0.39, 0.29) is 5.91 Å². The van der Waals surface area contributed by atoms with E-state index in [1.54, 1.807) is 0 Å². The van der Waals surface area contributed by atoms with Gasteiger partial charge < -0.3 is 16.4 Å². The number of benzene rings is 1. The lowest BCUT2D eigenvalue weighted by atomic mass is 10.1. The van der Waals surface area contributed by atoms with Crippen LogP contribution in [0.5, 0.6) is 0 Å². The van der Waals surface area contributed by atoms with Crippen molar-refractivity contribution in [3.8, 4) is 0 Å². The van der Waals surface area contributed by atoms with Gasteiger partial charge >= 0.3 is 0 Å². The van der Waals surface area contributed by atoms with Crippen LogP contribution in [0.1, 0.15) is 31.2 Å². The SMILES string of the molecule is Cc1cccc(N)c1NCCCC(=O)NC1CC1. The Morgan fingerprint density at radius 2 is 2.22 bits per heavy atom. The lowest BCUT2D eigenvalue weighted by molar-refractivity contribution is -0.121. The van der Waals surface area contributed by atoms with E-state index < -0.39 is 0 Å². The number of anilines is 2. The maximum Gasteiger partial charge on any atom is 0.220 e. The van der Waals surface area contributed by atoms with Gasteiger partial charge in [-0.1, -0.05) is 12.1 Å². The van der Waals surface area contributed by atoms with Crippen LogP contribution in [0.15, 0.2) is 18.2 Å². The number of nitrogen functional groups attached to an aromatic ring is 1. The van der Waals surface area contributed by atoms with Gasteiger partial charge in [-0.2, -0.15) is 0 Å². The van der Waals surface area contributed by atoms with Crippen LogP contribution in [0.4, 0.5) is 11.4 Å². The Morgan fingerprint density at radius 3 is 2.89 bits per heavy atom. The van der Waals surface area contributed by atoms with E-state index in [1.165, 1.54) is 0 Å². The average molecular weight is 247 g/mol. The maximum absolute atomic E-state index is 11.5. The third-order valence-corrected chi connectivity index (χ3v) is 3.13.